The van der Waals surface area contributed by atoms with E-state index in [4.69, 9.17) is 5.11 Å². The summed E-state index contributed by atoms with van der Waals surface area (Å²) in [4.78, 5) is 23.1. The molecule has 1 aromatic heterocycles. The third-order valence-corrected chi connectivity index (χ3v) is 3.46. The summed E-state index contributed by atoms with van der Waals surface area (Å²) in [6.07, 6.45) is 0. The highest BCUT2D eigenvalue weighted by Gasteiger charge is 2.13. The van der Waals surface area contributed by atoms with E-state index < -0.39 is 11.8 Å². The van der Waals surface area contributed by atoms with Gasteiger partial charge in [0, 0.05) is 11.5 Å². The minimum atomic E-state index is -1.21. The number of rotatable bonds is 3. The van der Waals surface area contributed by atoms with Crippen molar-refractivity contribution < 1.29 is 14.3 Å². The normalized spacial score (nSPS) is 10.8. The van der Waals surface area contributed by atoms with Crippen LogP contribution in [0.5, 0.6) is 0 Å². The molecule has 5 heteroatoms. The Morgan fingerprint density at radius 2 is 1.82 bits per heavy atom. The molecule has 0 atom stereocenters. The zero-order chi connectivity index (χ0) is 15.7. The van der Waals surface area contributed by atoms with Gasteiger partial charge < -0.3 is 9.67 Å². The Balaban J connectivity index is 2.23. The van der Waals surface area contributed by atoms with Crippen LogP contribution in [-0.4, -0.2) is 15.6 Å². The highest BCUT2D eigenvalue weighted by Crippen LogP contribution is 2.20. The lowest BCUT2D eigenvalue weighted by Gasteiger charge is -2.11. The van der Waals surface area contributed by atoms with Crippen molar-refractivity contribution in [2.24, 2.45) is 0 Å². The van der Waals surface area contributed by atoms with Gasteiger partial charge in [-0.2, -0.15) is 0 Å². The molecule has 1 heterocycles. The molecule has 22 heavy (non-hydrogen) atoms. The van der Waals surface area contributed by atoms with E-state index in [9.17, 15) is 14.0 Å². The second-order valence-corrected chi connectivity index (χ2v) is 4.94. The third kappa shape index (κ3) is 2.48. The molecule has 0 fully saturated rings. The predicted molar refractivity (Wildman–Crippen MR) is 80.7 cm³/mol. The Morgan fingerprint density at radius 3 is 2.50 bits per heavy atom. The van der Waals surface area contributed by atoms with Gasteiger partial charge in [0.25, 0.3) is 5.56 Å². The van der Waals surface area contributed by atoms with Crippen molar-refractivity contribution in [2.45, 2.75) is 6.54 Å². The number of carboxylic acid groups (broad SMARTS) is 1. The first kappa shape index (κ1) is 14.0. The molecule has 0 radical (unpaired) electrons. The maximum absolute atomic E-state index is 14.3. The zero-order valence-electron chi connectivity index (χ0n) is 11.5. The van der Waals surface area contributed by atoms with Crippen LogP contribution in [0.25, 0.3) is 10.9 Å². The smallest absolute Gasteiger partial charge is 0.335 e. The summed E-state index contributed by atoms with van der Waals surface area (Å²) < 4.78 is 15.6. The highest BCUT2D eigenvalue weighted by atomic mass is 19.1. The lowest BCUT2D eigenvalue weighted by molar-refractivity contribution is 0.0696. The van der Waals surface area contributed by atoms with Crippen molar-refractivity contribution in [3.05, 3.63) is 81.9 Å². The van der Waals surface area contributed by atoms with Crippen LogP contribution in [0.4, 0.5) is 4.39 Å². The molecule has 1 N–H and O–H groups in total. The number of pyridine rings is 1. The summed E-state index contributed by atoms with van der Waals surface area (Å²) in [5.74, 6) is -1.93. The Morgan fingerprint density at radius 1 is 1.09 bits per heavy atom. The highest BCUT2D eigenvalue weighted by molar-refractivity contribution is 5.93. The number of hydrogen-bond donors (Lipinski definition) is 1. The van der Waals surface area contributed by atoms with E-state index in [0.717, 1.165) is 11.6 Å². The number of aromatic carboxylic acids is 1. The van der Waals surface area contributed by atoms with E-state index >= 15 is 0 Å². The van der Waals surface area contributed by atoms with E-state index in [-0.39, 0.29) is 23.2 Å². The summed E-state index contributed by atoms with van der Waals surface area (Å²) >= 11 is 0. The molecule has 0 amide bonds. The number of halogens is 1. The molecule has 0 saturated carbocycles. The van der Waals surface area contributed by atoms with Crippen LogP contribution in [0.2, 0.25) is 0 Å². The predicted octanol–water partition coefficient (Wildman–Crippen LogP) is 2.89. The number of benzene rings is 2. The van der Waals surface area contributed by atoms with Gasteiger partial charge in [0.15, 0.2) is 0 Å². The summed E-state index contributed by atoms with van der Waals surface area (Å²) in [7, 11) is 0. The van der Waals surface area contributed by atoms with Crippen molar-refractivity contribution in [3.63, 3.8) is 0 Å². The average molecular weight is 297 g/mol. The Hall–Kier alpha value is -2.95. The van der Waals surface area contributed by atoms with Crippen LogP contribution in [0.3, 0.4) is 0 Å². The number of nitrogens with zero attached hydrogens (tertiary/aromatic N) is 1. The van der Waals surface area contributed by atoms with Gasteiger partial charge in [-0.1, -0.05) is 30.3 Å². The first-order valence-corrected chi connectivity index (χ1v) is 6.66. The van der Waals surface area contributed by atoms with Crippen molar-refractivity contribution in [3.8, 4) is 0 Å². The first-order chi connectivity index (χ1) is 10.6. The van der Waals surface area contributed by atoms with Gasteiger partial charge in [0.1, 0.15) is 5.82 Å². The zero-order valence-corrected chi connectivity index (χ0v) is 11.5. The second kappa shape index (κ2) is 5.44. The molecule has 3 rings (SSSR count). The van der Waals surface area contributed by atoms with Crippen LogP contribution in [-0.2, 0) is 6.54 Å². The Bertz CT molecular complexity index is 916. The van der Waals surface area contributed by atoms with E-state index in [1.165, 1.54) is 22.8 Å². The number of carbonyl (C=O) groups is 1. The Labute approximate surface area is 125 Å². The van der Waals surface area contributed by atoms with Crippen LogP contribution >= 0.6 is 0 Å². The lowest BCUT2D eigenvalue weighted by Crippen LogP contribution is -2.21. The summed E-state index contributed by atoms with van der Waals surface area (Å²) in [5.41, 5.74) is 0.494. The fourth-order valence-corrected chi connectivity index (χ4v) is 2.44. The SMILES string of the molecule is O=C(O)c1cc(F)c2c(ccc(=O)n2Cc2ccccc2)c1. The van der Waals surface area contributed by atoms with Crippen LogP contribution < -0.4 is 5.56 Å². The maximum atomic E-state index is 14.3. The quantitative estimate of drug-likeness (QED) is 0.808. The van der Waals surface area contributed by atoms with E-state index in [1.807, 2.05) is 30.3 Å². The van der Waals surface area contributed by atoms with Gasteiger partial charge in [-0.3, -0.25) is 4.79 Å². The van der Waals surface area contributed by atoms with Crippen molar-refractivity contribution in [1.82, 2.24) is 4.57 Å². The molecule has 0 spiro atoms. The molecular formula is C17H12FNO3. The molecule has 2 aromatic carbocycles. The standard InChI is InChI=1S/C17H12FNO3/c18-14-9-13(17(21)22)8-12-6-7-15(20)19(16(12)14)10-11-4-2-1-3-5-11/h1-9H,10H2,(H,21,22). The molecule has 0 bridgehead atoms. The van der Waals surface area contributed by atoms with E-state index in [1.54, 1.807) is 0 Å². The molecule has 4 nitrogen and oxygen atoms in total. The minimum Gasteiger partial charge on any atom is -0.478 e. The van der Waals surface area contributed by atoms with Gasteiger partial charge >= 0.3 is 5.97 Å². The molecular weight excluding hydrogens is 285 g/mol. The minimum absolute atomic E-state index is 0.112. The number of aromatic nitrogens is 1. The van der Waals surface area contributed by atoms with Gasteiger partial charge in [-0.25, -0.2) is 9.18 Å². The molecule has 0 aliphatic heterocycles. The lowest BCUT2D eigenvalue weighted by atomic mass is 10.1. The monoisotopic (exact) mass is 297 g/mol. The van der Waals surface area contributed by atoms with Gasteiger partial charge in [0.05, 0.1) is 17.6 Å². The number of fused-ring (bicyclic) bond motifs is 1. The molecule has 110 valence electrons. The number of hydrogen-bond acceptors (Lipinski definition) is 2. The van der Waals surface area contributed by atoms with Crippen LogP contribution in [0.1, 0.15) is 15.9 Å². The molecule has 3 aromatic rings. The number of carboxylic acids is 1. The molecule has 0 aliphatic carbocycles. The molecule has 0 unspecified atom stereocenters. The van der Waals surface area contributed by atoms with Crippen molar-refractivity contribution in [2.75, 3.05) is 0 Å². The second-order valence-electron chi connectivity index (χ2n) is 4.94. The van der Waals surface area contributed by atoms with E-state index in [0.29, 0.717) is 5.39 Å². The van der Waals surface area contributed by atoms with Crippen LogP contribution in [0, 0.1) is 5.82 Å². The Kier molecular flexibility index (Phi) is 3.47. The fraction of sp³-hybridized carbons (Fsp3) is 0.0588. The first-order valence-electron chi connectivity index (χ1n) is 6.66. The maximum Gasteiger partial charge on any atom is 0.335 e. The summed E-state index contributed by atoms with van der Waals surface area (Å²) in [6.45, 7) is 0.223. The molecule has 0 saturated heterocycles. The van der Waals surface area contributed by atoms with Crippen molar-refractivity contribution >= 4 is 16.9 Å². The van der Waals surface area contributed by atoms with Gasteiger partial charge in [-0.05, 0) is 23.8 Å². The largest absolute Gasteiger partial charge is 0.478 e. The average Bonchev–Trinajstić information content (AvgIpc) is 2.51. The summed E-state index contributed by atoms with van der Waals surface area (Å²) in [6, 6.07) is 14.3. The molecule has 0 aliphatic rings. The van der Waals surface area contributed by atoms with Crippen molar-refractivity contribution in [1.29, 1.82) is 0 Å². The third-order valence-electron chi connectivity index (χ3n) is 3.46. The topological polar surface area (TPSA) is 59.3 Å². The summed E-state index contributed by atoms with van der Waals surface area (Å²) in [5, 5.41) is 9.37. The fourth-order valence-electron chi connectivity index (χ4n) is 2.44. The van der Waals surface area contributed by atoms with Gasteiger partial charge in [-0.15, -0.1) is 0 Å². The van der Waals surface area contributed by atoms with Gasteiger partial charge in [0.2, 0.25) is 0 Å². The van der Waals surface area contributed by atoms with E-state index in [2.05, 4.69) is 0 Å². The van der Waals surface area contributed by atoms with Crippen LogP contribution in [0.15, 0.2) is 59.4 Å².